The van der Waals surface area contributed by atoms with Crippen LogP contribution in [0.3, 0.4) is 0 Å². The lowest BCUT2D eigenvalue weighted by Crippen LogP contribution is -2.37. The molecular weight excluding hydrogens is 324 g/mol. The third-order valence-corrected chi connectivity index (χ3v) is 4.43. The number of benzene rings is 1. The number of ketones is 3. The van der Waals surface area contributed by atoms with Crippen LogP contribution >= 0.6 is 12.2 Å². The van der Waals surface area contributed by atoms with E-state index in [4.69, 9.17) is 12.2 Å². The van der Waals surface area contributed by atoms with Crippen LogP contribution in [0.15, 0.2) is 24.3 Å². The molecule has 0 aliphatic heterocycles. The fourth-order valence-corrected chi connectivity index (χ4v) is 3.21. The Bertz CT molecular complexity index is 637. The Kier molecular flexibility index (Phi) is 6.20. The molecule has 0 aromatic heterocycles. The fourth-order valence-electron chi connectivity index (χ4n) is 2.95. The van der Waals surface area contributed by atoms with Crippen molar-refractivity contribution in [2.24, 2.45) is 5.92 Å². The van der Waals surface area contributed by atoms with Crippen LogP contribution in [-0.4, -0.2) is 29.0 Å². The van der Waals surface area contributed by atoms with Crippen molar-refractivity contribution >= 4 is 40.4 Å². The normalized spacial score (nSPS) is 20.6. The zero-order valence-electron chi connectivity index (χ0n) is 13.9. The summed E-state index contributed by atoms with van der Waals surface area (Å²) < 4.78 is 0. The Hall–Kier alpha value is -2.08. The minimum Gasteiger partial charge on any atom is -0.363 e. The minimum absolute atomic E-state index is 0.152. The predicted octanol–water partition coefficient (Wildman–Crippen LogP) is 2.60. The van der Waals surface area contributed by atoms with Gasteiger partial charge in [-0.25, -0.2) is 0 Å². The van der Waals surface area contributed by atoms with Gasteiger partial charge in [0.2, 0.25) is 0 Å². The van der Waals surface area contributed by atoms with Gasteiger partial charge in [-0.1, -0.05) is 19.1 Å². The number of hydrogen-bond acceptors (Lipinski definition) is 4. The Morgan fingerprint density at radius 2 is 1.71 bits per heavy atom. The van der Waals surface area contributed by atoms with Crippen LogP contribution in [0.2, 0.25) is 0 Å². The summed E-state index contributed by atoms with van der Waals surface area (Å²) >= 11 is 5.13. The van der Waals surface area contributed by atoms with E-state index in [1.807, 2.05) is 31.2 Å². The molecule has 5 nitrogen and oxygen atoms in total. The molecule has 0 atom stereocenters. The number of nitrogens with one attached hydrogen (secondary N) is 2. The standard InChI is InChI=1S/C18H22N2O3S/c1-3-14(21)17-15(22)9-12(10-16(17)23)11-5-7-13(8-6-11)20-18(24)19-4-2/h5-8,12,17H,3-4,9-10H2,1-2H3,(H2,19,20,24). The number of rotatable bonds is 5. The number of thiocarbonyl (C=S) groups is 1. The van der Waals surface area contributed by atoms with Crippen molar-refractivity contribution in [1.29, 1.82) is 0 Å². The fraction of sp³-hybridized carbons (Fsp3) is 0.444. The van der Waals surface area contributed by atoms with Crippen LogP contribution in [0.1, 0.15) is 44.6 Å². The van der Waals surface area contributed by atoms with Crippen LogP contribution in [-0.2, 0) is 14.4 Å². The van der Waals surface area contributed by atoms with E-state index in [1.54, 1.807) is 6.92 Å². The first-order chi connectivity index (χ1) is 11.5. The molecule has 0 unspecified atom stereocenters. The zero-order valence-corrected chi connectivity index (χ0v) is 14.7. The van der Waals surface area contributed by atoms with Gasteiger partial charge in [0.1, 0.15) is 5.92 Å². The molecule has 2 rings (SSSR count). The molecule has 0 heterocycles. The van der Waals surface area contributed by atoms with Crippen LogP contribution in [0.5, 0.6) is 0 Å². The number of Topliss-reactive ketones (excluding diaryl/α,β-unsaturated/α-hetero) is 3. The van der Waals surface area contributed by atoms with Gasteiger partial charge < -0.3 is 10.6 Å². The van der Waals surface area contributed by atoms with Gasteiger partial charge in [0.05, 0.1) is 0 Å². The van der Waals surface area contributed by atoms with Gasteiger partial charge in [-0.15, -0.1) is 0 Å². The van der Waals surface area contributed by atoms with Crippen LogP contribution < -0.4 is 10.6 Å². The lowest BCUT2D eigenvalue weighted by Gasteiger charge is -2.25. The molecule has 24 heavy (non-hydrogen) atoms. The molecule has 1 saturated carbocycles. The van der Waals surface area contributed by atoms with E-state index in [1.165, 1.54) is 0 Å². The molecule has 1 aromatic rings. The SMILES string of the molecule is CCNC(=S)Nc1ccc(C2CC(=O)C(C(=O)CC)C(=O)C2)cc1. The molecule has 0 spiro atoms. The highest BCUT2D eigenvalue weighted by molar-refractivity contribution is 7.80. The van der Waals surface area contributed by atoms with E-state index in [2.05, 4.69) is 10.6 Å². The van der Waals surface area contributed by atoms with Crippen molar-refractivity contribution in [1.82, 2.24) is 5.32 Å². The minimum atomic E-state index is -1.04. The maximum atomic E-state index is 12.2. The second kappa shape index (κ2) is 8.15. The summed E-state index contributed by atoms with van der Waals surface area (Å²) in [5.74, 6) is -1.96. The summed E-state index contributed by atoms with van der Waals surface area (Å²) in [4.78, 5) is 36.2. The van der Waals surface area contributed by atoms with Crippen molar-refractivity contribution in [3.05, 3.63) is 29.8 Å². The van der Waals surface area contributed by atoms with Crippen LogP contribution in [0, 0.1) is 5.92 Å². The van der Waals surface area contributed by atoms with Gasteiger partial charge in [0.25, 0.3) is 0 Å². The van der Waals surface area contributed by atoms with Crippen molar-refractivity contribution in [3.63, 3.8) is 0 Å². The van der Waals surface area contributed by atoms with Crippen molar-refractivity contribution in [2.45, 2.75) is 39.0 Å². The molecule has 2 N–H and O–H groups in total. The average molecular weight is 346 g/mol. The van der Waals surface area contributed by atoms with Gasteiger partial charge in [0, 0.05) is 31.5 Å². The van der Waals surface area contributed by atoms with Gasteiger partial charge in [-0.2, -0.15) is 0 Å². The molecule has 1 aliphatic carbocycles. The van der Waals surface area contributed by atoms with Crippen LogP contribution in [0.4, 0.5) is 5.69 Å². The summed E-state index contributed by atoms with van der Waals surface area (Å²) in [6.07, 6.45) is 0.703. The van der Waals surface area contributed by atoms with Gasteiger partial charge in [0.15, 0.2) is 22.5 Å². The monoisotopic (exact) mass is 346 g/mol. The topological polar surface area (TPSA) is 75.3 Å². The van der Waals surface area contributed by atoms with E-state index in [0.717, 1.165) is 17.8 Å². The highest BCUT2D eigenvalue weighted by atomic mass is 32.1. The average Bonchev–Trinajstić information content (AvgIpc) is 2.54. The smallest absolute Gasteiger partial charge is 0.170 e. The summed E-state index contributed by atoms with van der Waals surface area (Å²) in [6.45, 7) is 4.39. The summed E-state index contributed by atoms with van der Waals surface area (Å²) in [6, 6.07) is 7.53. The first-order valence-corrected chi connectivity index (χ1v) is 8.60. The van der Waals surface area contributed by atoms with Gasteiger partial charge in [-0.3, -0.25) is 14.4 Å². The predicted molar refractivity (Wildman–Crippen MR) is 97.1 cm³/mol. The Morgan fingerprint density at radius 1 is 1.12 bits per heavy atom. The molecular formula is C18H22N2O3S. The van der Waals surface area contributed by atoms with E-state index in [9.17, 15) is 14.4 Å². The molecule has 128 valence electrons. The largest absolute Gasteiger partial charge is 0.363 e. The molecule has 0 amide bonds. The van der Waals surface area contributed by atoms with Crippen molar-refractivity contribution in [3.8, 4) is 0 Å². The Labute approximate surface area is 147 Å². The van der Waals surface area contributed by atoms with E-state index in [-0.39, 0.29) is 42.5 Å². The van der Waals surface area contributed by atoms with E-state index in [0.29, 0.717) is 5.11 Å². The Balaban J connectivity index is 2.05. The highest BCUT2D eigenvalue weighted by Gasteiger charge is 2.39. The van der Waals surface area contributed by atoms with E-state index < -0.39 is 5.92 Å². The molecule has 1 aromatic carbocycles. The first-order valence-electron chi connectivity index (χ1n) is 8.19. The third kappa shape index (κ3) is 4.26. The van der Waals surface area contributed by atoms with E-state index >= 15 is 0 Å². The molecule has 6 heteroatoms. The lowest BCUT2D eigenvalue weighted by atomic mass is 9.75. The second-order valence-corrected chi connectivity index (χ2v) is 6.31. The molecule has 1 fully saturated rings. The number of hydrogen-bond donors (Lipinski definition) is 2. The maximum absolute atomic E-state index is 12.2. The third-order valence-electron chi connectivity index (χ3n) is 4.19. The number of carbonyl (C=O) groups is 3. The summed E-state index contributed by atoms with van der Waals surface area (Å²) in [5.41, 5.74) is 1.77. The van der Waals surface area contributed by atoms with Gasteiger partial charge in [-0.05, 0) is 42.8 Å². The molecule has 1 aliphatic rings. The Morgan fingerprint density at radius 3 is 2.21 bits per heavy atom. The molecule has 0 radical (unpaired) electrons. The second-order valence-electron chi connectivity index (χ2n) is 5.90. The molecule has 0 saturated heterocycles. The zero-order chi connectivity index (χ0) is 17.7. The van der Waals surface area contributed by atoms with Crippen LogP contribution in [0.25, 0.3) is 0 Å². The quantitative estimate of drug-likeness (QED) is 0.630. The number of carbonyl (C=O) groups excluding carboxylic acids is 3. The number of anilines is 1. The molecule has 0 bridgehead atoms. The van der Waals surface area contributed by atoms with Crippen molar-refractivity contribution in [2.75, 3.05) is 11.9 Å². The van der Waals surface area contributed by atoms with Gasteiger partial charge >= 0.3 is 0 Å². The summed E-state index contributed by atoms with van der Waals surface area (Å²) in [7, 11) is 0. The highest BCUT2D eigenvalue weighted by Crippen LogP contribution is 2.33. The summed E-state index contributed by atoms with van der Waals surface area (Å²) in [5, 5.41) is 6.62. The maximum Gasteiger partial charge on any atom is 0.170 e. The lowest BCUT2D eigenvalue weighted by molar-refractivity contribution is -0.142. The first kappa shape index (κ1) is 18.3. The van der Waals surface area contributed by atoms with Crippen molar-refractivity contribution < 1.29 is 14.4 Å².